The van der Waals surface area contributed by atoms with Crippen molar-refractivity contribution in [2.45, 2.75) is 32.3 Å². The van der Waals surface area contributed by atoms with Crippen LogP contribution in [0, 0.1) is 6.92 Å². The number of carboxylic acid groups (broad SMARTS) is 1. The molecule has 0 aliphatic heterocycles. The van der Waals surface area contributed by atoms with Crippen LogP contribution in [0.1, 0.15) is 24.8 Å². The van der Waals surface area contributed by atoms with Crippen LogP contribution in [0.4, 0.5) is 11.5 Å². The van der Waals surface area contributed by atoms with Crippen molar-refractivity contribution in [1.82, 2.24) is 15.3 Å². The Kier molecular flexibility index (Phi) is 12.9. The van der Waals surface area contributed by atoms with Gasteiger partial charge in [-0.3, -0.25) is 4.79 Å². The molecule has 0 radical (unpaired) electrons. The van der Waals surface area contributed by atoms with E-state index in [2.05, 4.69) is 20.6 Å². The topological polar surface area (TPSA) is 135 Å². The van der Waals surface area contributed by atoms with Crippen molar-refractivity contribution in [2.75, 3.05) is 46.3 Å². The number of halogens is 1. The minimum absolute atomic E-state index is 0.0883. The van der Waals surface area contributed by atoms with Crippen molar-refractivity contribution >= 4 is 40.0 Å². The summed E-state index contributed by atoms with van der Waals surface area (Å²) >= 11 is 6.14. The van der Waals surface area contributed by atoms with Gasteiger partial charge in [-0.15, -0.1) is 0 Å². The highest BCUT2D eigenvalue weighted by Crippen LogP contribution is 2.35. The van der Waals surface area contributed by atoms with E-state index in [0.29, 0.717) is 53.8 Å². The van der Waals surface area contributed by atoms with E-state index in [1.807, 2.05) is 38.2 Å². The fourth-order valence-electron chi connectivity index (χ4n) is 3.50. The Morgan fingerprint density at radius 3 is 2.62 bits per heavy atom. The molecule has 1 heterocycles. The number of aliphatic hydroxyl groups excluding tert-OH is 1. The third kappa shape index (κ3) is 9.32. The molecule has 0 amide bonds. The zero-order valence-electron chi connectivity index (χ0n) is 21.6. The van der Waals surface area contributed by atoms with Gasteiger partial charge in [-0.05, 0) is 56.6 Å². The zero-order valence-corrected chi connectivity index (χ0v) is 22.3. The Hall–Kier alpha value is -3.18. The van der Waals surface area contributed by atoms with E-state index in [-0.39, 0.29) is 19.1 Å². The number of aliphatic hydroxyl groups is 1. The zero-order chi connectivity index (χ0) is 27.2. The average Bonchev–Trinajstić information content (AvgIpc) is 2.89. The summed E-state index contributed by atoms with van der Waals surface area (Å²) in [5, 5.41) is 23.8. The SMILES string of the molecule is CNCCOC(CCCC(=O)O)COc1cc2ncnc(Nc3ccc(Cl)c(C)c3)c2cc1OC.CO. The lowest BCUT2D eigenvalue weighted by Crippen LogP contribution is -2.26. The van der Waals surface area contributed by atoms with Gasteiger partial charge in [0, 0.05) is 42.2 Å². The first-order chi connectivity index (χ1) is 17.9. The molecule has 0 spiro atoms. The number of hydrogen-bond donors (Lipinski definition) is 4. The molecule has 202 valence electrons. The molecule has 3 aromatic rings. The number of fused-ring (bicyclic) bond motifs is 1. The maximum atomic E-state index is 10.9. The van der Waals surface area contributed by atoms with Crippen molar-refractivity contribution in [3.8, 4) is 11.5 Å². The minimum Gasteiger partial charge on any atom is -0.493 e. The van der Waals surface area contributed by atoms with E-state index in [4.69, 9.17) is 36.0 Å². The molecule has 0 saturated heterocycles. The number of aryl methyl sites for hydroxylation is 1. The molecule has 0 aliphatic carbocycles. The molecule has 0 bridgehead atoms. The number of nitrogens with zero attached hydrogens (tertiary/aromatic N) is 2. The molecule has 0 saturated carbocycles. The fourth-order valence-corrected chi connectivity index (χ4v) is 3.62. The number of hydrogen-bond acceptors (Lipinski definition) is 9. The van der Waals surface area contributed by atoms with Crippen molar-refractivity contribution in [2.24, 2.45) is 0 Å². The number of likely N-dealkylation sites (N-methyl/N-ethyl adjacent to an activating group) is 1. The number of rotatable bonds is 14. The van der Waals surface area contributed by atoms with Crippen LogP contribution in [0.15, 0.2) is 36.7 Å². The van der Waals surface area contributed by atoms with E-state index in [1.54, 1.807) is 13.2 Å². The summed E-state index contributed by atoms with van der Waals surface area (Å²) in [7, 11) is 4.42. The second-order valence-electron chi connectivity index (χ2n) is 8.02. The lowest BCUT2D eigenvalue weighted by atomic mass is 10.1. The molecule has 0 fully saturated rings. The van der Waals surface area contributed by atoms with E-state index >= 15 is 0 Å². The first kappa shape index (κ1) is 30.0. The summed E-state index contributed by atoms with van der Waals surface area (Å²) in [5.74, 6) is 0.854. The van der Waals surface area contributed by atoms with E-state index in [1.165, 1.54) is 6.33 Å². The molecule has 11 heteroatoms. The molecule has 3 rings (SSSR count). The standard InChI is InChI=1S/C25H31ClN4O5.CH4O/c1-16-11-17(7-8-20(16)26)30-25-19-12-22(33-3)23(13-21(19)28-15-29-25)35-14-18(34-10-9-27-2)5-4-6-24(31)32;1-2/h7-8,11-13,15,18,27H,4-6,9-10,14H2,1-3H3,(H,31,32)(H,28,29,30);2H,1H3. The number of ether oxygens (including phenoxy) is 3. The van der Waals surface area contributed by atoms with Gasteiger partial charge in [0.25, 0.3) is 0 Å². The van der Waals surface area contributed by atoms with Gasteiger partial charge in [0.1, 0.15) is 18.8 Å². The van der Waals surface area contributed by atoms with Crippen LogP contribution in [0.3, 0.4) is 0 Å². The quantitative estimate of drug-likeness (QED) is 0.223. The monoisotopic (exact) mass is 534 g/mol. The lowest BCUT2D eigenvalue weighted by Gasteiger charge is -2.20. The Labute approximate surface area is 221 Å². The third-order valence-electron chi connectivity index (χ3n) is 5.39. The molecule has 1 atom stereocenters. The van der Waals surface area contributed by atoms with Crippen LogP contribution in [0.5, 0.6) is 11.5 Å². The van der Waals surface area contributed by atoms with Crippen molar-refractivity contribution in [1.29, 1.82) is 0 Å². The number of nitrogens with one attached hydrogen (secondary N) is 2. The van der Waals surface area contributed by atoms with Gasteiger partial charge < -0.3 is 35.1 Å². The number of aromatic nitrogens is 2. The Morgan fingerprint density at radius 2 is 1.95 bits per heavy atom. The largest absolute Gasteiger partial charge is 0.493 e. The highest BCUT2D eigenvalue weighted by atomic mass is 35.5. The Morgan fingerprint density at radius 1 is 1.16 bits per heavy atom. The summed E-state index contributed by atoms with van der Waals surface area (Å²) in [6.07, 6.45) is 2.40. The minimum atomic E-state index is -0.825. The molecule has 1 aromatic heterocycles. The second-order valence-corrected chi connectivity index (χ2v) is 8.43. The maximum absolute atomic E-state index is 10.9. The molecule has 37 heavy (non-hydrogen) atoms. The first-order valence-corrected chi connectivity index (χ1v) is 12.2. The van der Waals surface area contributed by atoms with Crippen LogP contribution < -0.4 is 20.1 Å². The van der Waals surface area contributed by atoms with Crippen LogP contribution >= 0.6 is 11.6 Å². The van der Waals surface area contributed by atoms with Gasteiger partial charge in [0.2, 0.25) is 0 Å². The number of benzene rings is 2. The predicted octanol–water partition coefficient (Wildman–Crippen LogP) is 4.19. The van der Waals surface area contributed by atoms with Crippen LogP contribution in [0.2, 0.25) is 5.02 Å². The van der Waals surface area contributed by atoms with Gasteiger partial charge in [-0.25, -0.2) is 9.97 Å². The molecule has 1 unspecified atom stereocenters. The number of aliphatic carboxylic acids is 1. The molecule has 2 aromatic carbocycles. The summed E-state index contributed by atoms with van der Waals surface area (Å²) in [4.78, 5) is 19.7. The van der Waals surface area contributed by atoms with Crippen molar-refractivity contribution in [3.63, 3.8) is 0 Å². The maximum Gasteiger partial charge on any atom is 0.303 e. The van der Waals surface area contributed by atoms with Crippen LogP contribution in [-0.2, 0) is 9.53 Å². The predicted molar refractivity (Wildman–Crippen MR) is 144 cm³/mol. The normalized spacial score (nSPS) is 11.4. The number of methoxy groups -OCH3 is 1. The van der Waals surface area contributed by atoms with E-state index in [0.717, 1.165) is 23.7 Å². The second kappa shape index (κ2) is 15.8. The third-order valence-corrected chi connectivity index (χ3v) is 5.81. The van der Waals surface area contributed by atoms with Gasteiger partial charge in [-0.2, -0.15) is 0 Å². The van der Waals surface area contributed by atoms with Crippen molar-refractivity contribution < 1.29 is 29.2 Å². The summed E-state index contributed by atoms with van der Waals surface area (Å²) < 4.78 is 17.5. The molecule has 4 N–H and O–H groups in total. The van der Waals surface area contributed by atoms with E-state index in [9.17, 15) is 4.79 Å². The summed E-state index contributed by atoms with van der Waals surface area (Å²) in [5.41, 5.74) is 2.50. The van der Waals surface area contributed by atoms with E-state index < -0.39 is 5.97 Å². The molecule has 0 aliphatic rings. The highest BCUT2D eigenvalue weighted by molar-refractivity contribution is 6.31. The molecule has 10 nitrogen and oxygen atoms in total. The Balaban J connectivity index is 0.00000235. The van der Waals surface area contributed by atoms with Gasteiger partial charge in [0.05, 0.1) is 25.3 Å². The Bertz CT molecular complexity index is 1150. The lowest BCUT2D eigenvalue weighted by molar-refractivity contribution is -0.137. The average molecular weight is 535 g/mol. The van der Waals surface area contributed by atoms with Gasteiger partial charge in [0.15, 0.2) is 11.5 Å². The smallest absolute Gasteiger partial charge is 0.303 e. The highest BCUT2D eigenvalue weighted by Gasteiger charge is 2.16. The van der Waals surface area contributed by atoms with Crippen LogP contribution in [0.25, 0.3) is 10.9 Å². The van der Waals surface area contributed by atoms with Crippen LogP contribution in [-0.4, -0.2) is 73.3 Å². The fraction of sp³-hybridized carbons (Fsp3) is 0.423. The number of carbonyl (C=O) groups is 1. The molecular formula is C26H35ClN4O6. The van der Waals surface area contributed by atoms with Crippen molar-refractivity contribution in [3.05, 3.63) is 47.2 Å². The summed E-state index contributed by atoms with van der Waals surface area (Å²) in [6, 6.07) is 9.30. The number of carboxylic acids is 1. The molecular weight excluding hydrogens is 500 g/mol. The summed E-state index contributed by atoms with van der Waals surface area (Å²) in [6.45, 7) is 3.38. The van der Waals surface area contributed by atoms with Gasteiger partial charge >= 0.3 is 5.97 Å². The van der Waals surface area contributed by atoms with Gasteiger partial charge in [-0.1, -0.05) is 11.6 Å². The first-order valence-electron chi connectivity index (χ1n) is 11.8. The number of anilines is 2.